The zero-order valence-corrected chi connectivity index (χ0v) is 9.57. The van der Waals surface area contributed by atoms with Gasteiger partial charge in [-0.1, -0.05) is 0 Å². The van der Waals surface area contributed by atoms with E-state index in [4.69, 9.17) is 13.3 Å². The Hall–Kier alpha value is 2.97. The molecule has 0 aliphatic heterocycles. The van der Waals surface area contributed by atoms with E-state index in [9.17, 15) is 0 Å². The molecule has 0 aliphatic rings. The second-order valence-electron chi connectivity index (χ2n) is 0.231. The van der Waals surface area contributed by atoms with Crippen molar-refractivity contribution >= 4 is 49.1 Å². The molecule has 0 spiro atoms. The van der Waals surface area contributed by atoms with E-state index in [1.165, 1.54) is 0 Å². The van der Waals surface area contributed by atoms with Crippen molar-refractivity contribution < 1.29 is 69.0 Å². The van der Waals surface area contributed by atoms with Gasteiger partial charge in [-0.2, -0.15) is 4.21 Å². The topological polar surface area (TPSA) is 57.5 Å². The van der Waals surface area contributed by atoms with Gasteiger partial charge in [0.2, 0.25) is 0 Å². The minimum Gasteiger partial charge on any atom is -1.00 e. The van der Waals surface area contributed by atoms with Crippen LogP contribution in [0.1, 0.15) is 4.28 Å². The van der Waals surface area contributed by atoms with Crippen molar-refractivity contribution in [3.05, 3.63) is 0 Å². The predicted octanol–water partition coefficient (Wildman–Crippen LogP) is -3.36. The summed E-state index contributed by atoms with van der Waals surface area (Å²) in [7, 11) is 0. The molecule has 0 radical (unpaired) electrons. The van der Waals surface area contributed by atoms with Crippen LogP contribution in [0, 0.1) is 0 Å². The van der Waals surface area contributed by atoms with E-state index in [2.05, 4.69) is 0 Å². The summed E-state index contributed by atoms with van der Waals surface area (Å²) < 4.78 is 22.8. The van der Waals surface area contributed by atoms with Crippen LogP contribution in [0.15, 0.2) is 0 Å². The maximum absolute atomic E-state index is 8.67. The van der Waals surface area contributed by atoms with Crippen molar-refractivity contribution in [2.45, 2.75) is 0 Å². The molecule has 0 heterocycles. The quantitative estimate of drug-likeness (QED) is 0.290. The molecule has 6 heavy (non-hydrogen) atoms. The Morgan fingerprint density at radius 3 is 1.50 bits per heavy atom. The predicted molar refractivity (Wildman–Crippen MR) is 22.5 cm³/mol. The van der Waals surface area contributed by atoms with E-state index in [0.717, 1.165) is 0 Å². The third-order valence-corrected chi connectivity index (χ3v) is 0. The smallest absolute Gasteiger partial charge is 1.00 e. The first-order valence-electron chi connectivity index (χ1n) is 0.532. The van der Waals surface area contributed by atoms with Crippen LogP contribution in [0.5, 0.6) is 0 Å². The molecule has 0 fully saturated rings. The van der Waals surface area contributed by atoms with Crippen molar-refractivity contribution in [3.8, 4) is 0 Å². The van der Waals surface area contributed by atoms with Crippen LogP contribution in [-0.2, 0) is 11.4 Å². The van der Waals surface area contributed by atoms with Gasteiger partial charge in [0, 0.05) is 0 Å². The third kappa shape index (κ3) is 28.2. The summed E-state index contributed by atoms with van der Waals surface area (Å²) in [5.74, 6) is 0. The fourth-order valence-corrected chi connectivity index (χ4v) is 0. The van der Waals surface area contributed by atoms with Crippen molar-refractivity contribution in [3.63, 3.8) is 0 Å². The van der Waals surface area contributed by atoms with Gasteiger partial charge in [-0.3, -0.25) is 9.11 Å². The van der Waals surface area contributed by atoms with Gasteiger partial charge < -0.3 is 4.28 Å². The summed E-state index contributed by atoms with van der Waals surface area (Å²) in [5.41, 5.74) is 0. The molecule has 0 atom stereocenters. The Morgan fingerprint density at radius 1 is 1.50 bits per heavy atom. The minimum absolute atomic E-state index is 0. The number of hydrogen-bond acceptors (Lipinski definition) is 1. The van der Waals surface area contributed by atoms with Crippen LogP contribution in [0.4, 0.5) is 0 Å². The van der Waals surface area contributed by atoms with E-state index in [0.29, 0.717) is 0 Å². The molecule has 0 aromatic carbocycles. The van der Waals surface area contributed by atoms with E-state index in [-0.39, 0.29) is 93.4 Å². The normalized spacial score (nSPS) is 5.83. The Balaban J connectivity index is -0.00000000450. The number of rotatable bonds is 0. The van der Waals surface area contributed by atoms with Crippen molar-refractivity contribution in [1.29, 1.82) is 0 Å². The molecule has 0 saturated carbocycles. The molecule has 0 amide bonds. The molecule has 3 nitrogen and oxygen atoms in total. The summed E-state index contributed by atoms with van der Waals surface area (Å²) in [5, 5.41) is 0. The molecule has 2 N–H and O–H groups in total. The molecule has 0 aromatic rings. The van der Waals surface area contributed by atoms with E-state index in [1.807, 2.05) is 0 Å². The Kier molecular flexibility index (Phi) is 28.9. The van der Waals surface area contributed by atoms with Gasteiger partial charge in [0.25, 0.3) is 11.4 Å². The summed E-state index contributed by atoms with van der Waals surface area (Å²) in [4.78, 5) is 0. The summed E-state index contributed by atoms with van der Waals surface area (Å²) in [6.45, 7) is 0. The van der Waals surface area contributed by atoms with Crippen LogP contribution in [0.25, 0.3) is 0 Å². The second-order valence-corrected chi connectivity index (χ2v) is 0.692. The first kappa shape index (κ1) is 16.0. The molecule has 0 saturated heterocycles. The SMILES string of the molecule is O=S(O)O.[Ca+2].[H-].[H-].[H-].[K+]. The van der Waals surface area contributed by atoms with E-state index in [1.54, 1.807) is 0 Å². The van der Waals surface area contributed by atoms with Gasteiger partial charge in [0.05, 0.1) is 0 Å². The molecule has 0 aromatic heterocycles. The third-order valence-electron chi connectivity index (χ3n) is 0. The maximum atomic E-state index is 8.67. The van der Waals surface area contributed by atoms with Crippen LogP contribution in [-0.4, -0.2) is 51.1 Å². The zero-order chi connectivity index (χ0) is 3.58. The Morgan fingerprint density at radius 2 is 1.50 bits per heavy atom. The Bertz CT molecular complexity index is 42.0. The van der Waals surface area contributed by atoms with E-state index < -0.39 is 11.4 Å². The minimum atomic E-state index is -2.61. The molecule has 6 heteroatoms. The average Bonchev–Trinajstić information content (AvgIpc) is 0.811. The first-order chi connectivity index (χ1) is 1.73. The van der Waals surface area contributed by atoms with Gasteiger partial charge >= 0.3 is 89.1 Å². The molecule has 0 bridgehead atoms. The van der Waals surface area contributed by atoms with E-state index >= 15 is 0 Å². The number of hydrogen-bond donors (Lipinski definition) is 2. The van der Waals surface area contributed by atoms with Crippen LogP contribution in [0.3, 0.4) is 0 Å². The van der Waals surface area contributed by atoms with Gasteiger partial charge in [-0.25, -0.2) is 0 Å². The monoisotopic (exact) mass is 164 g/mol. The Labute approximate surface area is 115 Å². The van der Waals surface area contributed by atoms with Crippen molar-refractivity contribution in [2.24, 2.45) is 0 Å². The fourth-order valence-electron chi connectivity index (χ4n) is 0. The van der Waals surface area contributed by atoms with Gasteiger partial charge in [0.1, 0.15) is 0 Å². The standard InChI is InChI=1S/Ca.K.H2O3S.3H/c;;1-4(2)3;;;/h;;(H2,1,2,3);;;/q+2;+1;;3*-1. The summed E-state index contributed by atoms with van der Waals surface area (Å²) >= 11 is -2.61. The molecule has 0 rings (SSSR count). The maximum Gasteiger partial charge on any atom is 2.00 e. The van der Waals surface area contributed by atoms with Crippen molar-refractivity contribution in [1.82, 2.24) is 0 Å². The van der Waals surface area contributed by atoms with Crippen LogP contribution in [0.2, 0.25) is 0 Å². The average molecular weight is 164 g/mol. The van der Waals surface area contributed by atoms with Gasteiger partial charge in [-0.15, -0.1) is 0 Å². The van der Waals surface area contributed by atoms with Crippen LogP contribution >= 0.6 is 0 Å². The largest absolute Gasteiger partial charge is 2.00 e. The molecule has 0 aliphatic carbocycles. The molecule has 0 unspecified atom stereocenters. The van der Waals surface area contributed by atoms with Gasteiger partial charge in [-0.05, 0) is 0 Å². The van der Waals surface area contributed by atoms with Crippen molar-refractivity contribution in [2.75, 3.05) is 0 Å². The zero-order valence-electron chi connectivity index (χ0n) is 6.42. The van der Waals surface area contributed by atoms with Crippen LogP contribution < -0.4 is 51.4 Å². The summed E-state index contributed by atoms with van der Waals surface area (Å²) in [6, 6.07) is 0. The second kappa shape index (κ2) is 10.9. The summed E-state index contributed by atoms with van der Waals surface area (Å²) in [6.07, 6.45) is 0. The molecular formula is H5CaKO3S. The molecule has 32 valence electrons. The fraction of sp³-hybridized carbons (Fsp3) is 0. The first-order valence-corrected chi connectivity index (χ1v) is 1.60. The van der Waals surface area contributed by atoms with Gasteiger partial charge in [0.15, 0.2) is 0 Å². The molecular weight excluding hydrogens is 159 g/mol.